The highest BCUT2D eigenvalue weighted by Gasteiger charge is 1.94. The van der Waals surface area contributed by atoms with Gasteiger partial charge in [-0.2, -0.15) is 0 Å². The molecule has 3 nitrogen and oxygen atoms in total. The van der Waals surface area contributed by atoms with Gasteiger partial charge in [0, 0.05) is 6.20 Å². The molecule has 0 fully saturated rings. The van der Waals surface area contributed by atoms with Gasteiger partial charge in [-0.25, -0.2) is 9.97 Å². The monoisotopic (exact) mass is 132 g/mol. The predicted octanol–water partition coefficient (Wildman–Crippen LogP) is 1.07. The van der Waals surface area contributed by atoms with Crippen molar-refractivity contribution in [1.29, 1.82) is 0 Å². The summed E-state index contributed by atoms with van der Waals surface area (Å²) in [6.07, 6.45) is 4.43. The number of imidazole rings is 1. The molecule has 0 spiro atoms. The van der Waals surface area contributed by atoms with E-state index in [1.165, 1.54) is 0 Å². The van der Waals surface area contributed by atoms with E-state index in [9.17, 15) is 0 Å². The summed E-state index contributed by atoms with van der Waals surface area (Å²) in [5.74, 6) is 0. The predicted molar refractivity (Wildman–Crippen MR) is 37.5 cm³/mol. The third-order valence-electron chi connectivity index (χ3n) is 1.35. The van der Waals surface area contributed by atoms with Crippen LogP contribution in [0.4, 0.5) is 0 Å². The molecule has 10 heavy (non-hydrogen) atoms. The van der Waals surface area contributed by atoms with Gasteiger partial charge in [0.15, 0.2) is 12.0 Å². The second-order valence-electron chi connectivity index (χ2n) is 2.23. The molecule has 0 saturated carbocycles. The Morgan fingerprint density at radius 1 is 1.60 bits per heavy atom. The van der Waals surface area contributed by atoms with Gasteiger partial charge in [-0.1, -0.05) is 0 Å². The molecule has 2 aromatic heterocycles. The number of aromatic amines is 1. The highest BCUT2D eigenvalue weighted by atomic mass is 14.9. The lowest BCUT2D eigenvalue weighted by Gasteiger charge is -1.88. The first-order valence-corrected chi connectivity index (χ1v) is 3.05. The summed E-state index contributed by atoms with van der Waals surface area (Å²) in [5.41, 5.74) is 2.79. The van der Waals surface area contributed by atoms with Crippen molar-refractivity contribution < 1.29 is 0 Å². The number of aromatic nitrogens is 3. The molecule has 0 aliphatic rings. The fraction of sp³-hybridized carbons (Fsp3) is 0.143. The Morgan fingerprint density at radius 2 is 2.50 bits per heavy atom. The highest BCUT2D eigenvalue weighted by Crippen LogP contribution is 2.05. The van der Waals surface area contributed by atoms with Crippen LogP contribution in [-0.2, 0) is 0 Å². The van der Waals surface area contributed by atoms with Gasteiger partial charge in [-0.3, -0.25) is 0 Å². The molecule has 2 heterocycles. The van der Waals surface area contributed by atoms with Crippen LogP contribution < -0.4 is 0 Å². The first kappa shape index (κ1) is 5.41. The Labute approximate surface area is 58.1 Å². The first-order chi connectivity index (χ1) is 4.86. The van der Waals surface area contributed by atoms with Crippen LogP contribution in [-0.4, -0.2) is 15.0 Å². The summed E-state index contributed by atoms with van der Waals surface area (Å²) in [4.78, 5) is 10.8. The lowest BCUT2D eigenvalue weighted by atomic mass is 10.3. The summed E-state index contributed by atoms with van der Waals surface area (Å²) in [7, 11) is 0. The number of aryl methyl sites for hydroxylation is 1. The van der Waals surface area contributed by atoms with E-state index >= 15 is 0 Å². The van der Waals surface area contributed by atoms with Gasteiger partial charge in [0.25, 0.3) is 0 Å². The van der Waals surface area contributed by atoms with Gasteiger partial charge in [0.05, 0.1) is 0 Å². The van der Waals surface area contributed by atoms with E-state index in [1.807, 2.05) is 13.0 Å². The standard InChI is InChI=1S/C7H6N3/c1-5-2-6-7(8-3-5)10-4-9-6/h2-3H,1H3,(H,8,9,10). The number of nitrogens with one attached hydrogen (secondary N) is 1. The Bertz CT molecular complexity index is 350. The Balaban J connectivity index is 2.86. The number of hydrogen-bond acceptors (Lipinski definition) is 2. The van der Waals surface area contributed by atoms with Crippen LogP contribution >= 0.6 is 0 Å². The minimum absolute atomic E-state index is 0.797. The second-order valence-corrected chi connectivity index (χ2v) is 2.23. The van der Waals surface area contributed by atoms with E-state index < -0.39 is 0 Å². The van der Waals surface area contributed by atoms with E-state index in [2.05, 4.69) is 21.3 Å². The first-order valence-electron chi connectivity index (χ1n) is 3.05. The molecule has 0 aliphatic heterocycles. The molecule has 49 valence electrons. The van der Waals surface area contributed by atoms with Crippen molar-refractivity contribution >= 4 is 11.2 Å². The zero-order chi connectivity index (χ0) is 6.97. The molecule has 2 rings (SSSR count). The van der Waals surface area contributed by atoms with Gasteiger partial charge >= 0.3 is 0 Å². The molecule has 0 bridgehead atoms. The molecular weight excluding hydrogens is 126 g/mol. The molecule has 0 saturated heterocycles. The average Bonchev–Trinajstić information content (AvgIpc) is 2.33. The summed E-state index contributed by atoms with van der Waals surface area (Å²) >= 11 is 0. The Morgan fingerprint density at radius 3 is 3.40 bits per heavy atom. The molecule has 0 unspecified atom stereocenters. The van der Waals surface area contributed by atoms with E-state index in [4.69, 9.17) is 0 Å². The van der Waals surface area contributed by atoms with Crippen molar-refractivity contribution in [3.05, 3.63) is 24.2 Å². The Hall–Kier alpha value is -1.38. The van der Waals surface area contributed by atoms with Crippen molar-refractivity contribution in [2.45, 2.75) is 6.92 Å². The molecule has 2 aromatic rings. The van der Waals surface area contributed by atoms with Gasteiger partial charge in [0.1, 0.15) is 5.52 Å². The highest BCUT2D eigenvalue weighted by molar-refractivity contribution is 5.69. The van der Waals surface area contributed by atoms with Gasteiger partial charge in [-0.15, -0.1) is 0 Å². The van der Waals surface area contributed by atoms with Crippen molar-refractivity contribution in [3.8, 4) is 0 Å². The fourth-order valence-electron chi connectivity index (χ4n) is 0.876. The van der Waals surface area contributed by atoms with Crippen LogP contribution in [0.3, 0.4) is 0 Å². The van der Waals surface area contributed by atoms with Crippen molar-refractivity contribution in [2.75, 3.05) is 0 Å². The van der Waals surface area contributed by atoms with E-state index in [-0.39, 0.29) is 0 Å². The lowest BCUT2D eigenvalue weighted by molar-refractivity contribution is 1.27. The minimum atomic E-state index is 0.797. The second kappa shape index (κ2) is 1.80. The van der Waals surface area contributed by atoms with Crippen LogP contribution in [0.1, 0.15) is 5.56 Å². The average molecular weight is 132 g/mol. The summed E-state index contributed by atoms with van der Waals surface area (Å²) in [5, 5.41) is 0. The zero-order valence-corrected chi connectivity index (χ0v) is 5.55. The number of H-pyrrole nitrogens is 1. The molecular formula is C7H6N3. The van der Waals surface area contributed by atoms with Crippen molar-refractivity contribution in [3.63, 3.8) is 0 Å². The van der Waals surface area contributed by atoms with Crippen LogP contribution in [0.2, 0.25) is 0 Å². The minimum Gasteiger partial charge on any atom is -0.320 e. The molecule has 1 radical (unpaired) electrons. The largest absolute Gasteiger partial charge is 0.320 e. The van der Waals surface area contributed by atoms with Crippen LogP contribution in [0.5, 0.6) is 0 Å². The quantitative estimate of drug-likeness (QED) is 0.582. The van der Waals surface area contributed by atoms with Crippen molar-refractivity contribution in [2.24, 2.45) is 0 Å². The van der Waals surface area contributed by atoms with Gasteiger partial charge < -0.3 is 4.98 Å². The molecule has 0 amide bonds. The topological polar surface area (TPSA) is 41.6 Å². The lowest BCUT2D eigenvalue weighted by Crippen LogP contribution is -1.77. The van der Waals surface area contributed by atoms with E-state index in [0.717, 1.165) is 16.7 Å². The third kappa shape index (κ3) is 0.673. The number of pyridine rings is 1. The summed E-state index contributed by atoms with van der Waals surface area (Å²) < 4.78 is 0. The van der Waals surface area contributed by atoms with Gasteiger partial charge in [0.2, 0.25) is 0 Å². The van der Waals surface area contributed by atoms with Crippen molar-refractivity contribution in [1.82, 2.24) is 15.0 Å². The maximum Gasteiger partial charge on any atom is 0.175 e. The number of fused-ring (bicyclic) bond motifs is 1. The molecule has 0 aliphatic carbocycles. The van der Waals surface area contributed by atoms with E-state index in [0.29, 0.717) is 0 Å². The molecule has 0 aromatic carbocycles. The number of hydrogen-bond donors (Lipinski definition) is 1. The summed E-state index contributed by atoms with van der Waals surface area (Å²) in [6.45, 7) is 1.99. The number of nitrogens with zero attached hydrogens (tertiary/aromatic N) is 2. The fourth-order valence-corrected chi connectivity index (χ4v) is 0.876. The van der Waals surface area contributed by atoms with Gasteiger partial charge in [-0.05, 0) is 18.6 Å². The normalized spacial score (nSPS) is 10.5. The maximum absolute atomic E-state index is 4.09. The zero-order valence-electron chi connectivity index (χ0n) is 5.55. The molecule has 3 heteroatoms. The maximum atomic E-state index is 4.09. The Kier molecular flexibility index (Phi) is 0.974. The third-order valence-corrected chi connectivity index (χ3v) is 1.35. The number of rotatable bonds is 0. The summed E-state index contributed by atoms with van der Waals surface area (Å²) in [6, 6.07) is 1.97. The molecule has 0 atom stereocenters. The van der Waals surface area contributed by atoms with Crippen LogP contribution in [0.25, 0.3) is 11.2 Å². The van der Waals surface area contributed by atoms with E-state index in [1.54, 1.807) is 6.20 Å². The smallest absolute Gasteiger partial charge is 0.175 e. The molecule has 1 N–H and O–H groups in total. The SMILES string of the molecule is Cc1cnc2[nH][c]nc2c1. The van der Waals surface area contributed by atoms with Crippen LogP contribution in [0.15, 0.2) is 12.3 Å². The van der Waals surface area contributed by atoms with Crippen LogP contribution in [0, 0.1) is 13.3 Å².